The van der Waals surface area contributed by atoms with Gasteiger partial charge in [0.2, 0.25) is 5.75 Å². The zero-order chi connectivity index (χ0) is 14.7. The summed E-state index contributed by atoms with van der Waals surface area (Å²) < 4.78 is 19.1. The highest BCUT2D eigenvalue weighted by molar-refractivity contribution is 9.10. The number of alkyl halides is 1. The first kappa shape index (κ1) is 14.7. The van der Waals surface area contributed by atoms with E-state index in [-0.39, 0.29) is 23.1 Å². The Morgan fingerprint density at radius 2 is 2.10 bits per heavy atom. The lowest BCUT2D eigenvalue weighted by Crippen LogP contribution is -1.96. The van der Waals surface area contributed by atoms with Gasteiger partial charge in [-0.2, -0.15) is 0 Å². The van der Waals surface area contributed by atoms with Crippen LogP contribution in [0.1, 0.15) is 5.56 Å². The van der Waals surface area contributed by atoms with Gasteiger partial charge in [-0.3, -0.25) is 10.1 Å². The first-order valence-corrected chi connectivity index (χ1v) is 6.81. The van der Waals surface area contributed by atoms with Gasteiger partial charge in [0.25, 0.3) is 0 Å². The third-order valence-electron chi connectivity index (χ3n) is 2.52. The van der Waals surface area contributed by atoms with Crippen molar-refractivity contribution in [2.45, 2.75) is 5.88 Å². The van der Waals surface area contributed by atoms with Gasteiger partial charge >= 0.3 is 5.69 Å². The zero-order valence-corrected chi connectivity index (χ0v) is 12.3. The summed E-state index contributed by atoms with van der Waals surface area (Å²) in [7, 11) is 0. The van der Waals surface area contributed by atoms with Crippen LogP contribution in [0.2, 0.25) is 0 Å². The first-order chi connectivity index (χ1) is 9.52. The summed E-state index contributed by atoms with van der Waals surface area (Å²) in [4.78, 5) is 10.4. The van der Waals surface area contributed by atoms with Crippen molar-refractivity contribution >= 4 is 33.2 Å². The third-order valence-corrected chi connectivity index (χ3v) is 3.43. The van der Waals surface area contributed by atoms with Crippen LogP contribution in [0.15, 0.2) is 40.9 Å². The van der Waals surface area contributed by atoms with Gasteiger partial charge in [-0.1, -0.05) is 6.07 Å². The molecule has 20 heavy (non-hydrogen) atoms. The van der Waals surface area contributed by atoms with Gasteiger partial charge in [-0.25, -0.2) is 4.39 Å². The molecule has 2 aromatic rings. The van der Waals surface area contributed by atoms with Gasteiger partial charge in [0.15, 0.2) is 0 Å². The lowest BCUT2D eigenvalue weighted by Gasteiger charge is -2.11. The van der Waals surface area contributed by atoms with E-state index in [1.165, 1.54) is 30.3 Å². The Kier molecular flexibility index (Phi) is 4.57. The highest BCUT2D eigenvalue weighted by Crippen LogP contribution is 2.39. The highest BCUT2D eigenvalue weighted by atomic mass is 79.9. The average Bonchev–Trinajstić information content (AvgIpc) is 2.42. The molecule has 0 heterocycles. The molecule has 0 saturated carbocycles. The smallest absolute Gasteiger partial charge is 0.312 e. The highest BCUT2D eigenvalue weighted by Gasteiger charge is 2.19. The molecule has 0 atom stereocenters. The Morgan fingerprint density at radius 1 is 1.35 bits per heavy atom. The third kappa shape index (κ3) is 3.08. The quantitative estimate of drug-likeness (QED) is 0.436. The molecule has 0 bridgehead atoms. The van der Waals surface area contributed by atoms with Crippen molar-refractivity contribution in [1.29, 1.82) is 0 Å². The van der Waals surface area contributed by atoms with Crippen LogP contribution < -0.4 is 4.74 Å². The maximum Gasteiger partial charge on any atom is 0.312 e. The number of rotatable bonds is 4. The molecule has 7 heteroatoms. The molecule has 2 rings (SSSR count). The molecule has 0 aromatic heterocycles. The van der Waals surface area contributed by atoms with Gasteiger partial charge in [-0.15, -0.1) is 11.6 Å². The van der Waals surface area contributed by atoms with E-state index in [9.17, 15) is 14.5 Å². The Labute approximate surface area is 127 Å². The Hall–Kier alpha value is -1.66. The number of hydrogen-bond acceptors (Lipinski definition) is 3. The van der Waals surface area contributed by atoms with Crippen LogP contribution in [0.3, 0.4) is 0 Å². The second kappa shape index (κ2) is 6.19. The zero-order valence-electron chi connectivity index (χ0n) is 9.98. The molecule has 0 spiro atoms. The van der Waals surface area contributed by atoms with Crippen LogP contribution in [0.4, 0.5) is 10.1 Å². The molecule has 0 unspecified atom stereocenters. The summed E-state index contributed by atoms with van der Waals surface area (Å²) in [5.41, 5.74) is 0.223. The molecule has 0 saturated heterocycles. The topological polar surface area (TPSA) is 52.4 Å². The fourth-order valence-corrected chi connectivity index (χ4v) is 2.25. The molecule has 0 aliphatic rings. The Bertz CT molecular complexity index is 666. The van der Waals surface area contributed by atoms with Crippen molar-refractivity contribution in [3.05, 3.63) is 62.4 Å². The van der Waals surface area contributed by atoms with Crippen molar-refractivity contribution < 1.29 is 14.1 Å². The molecule has 2 aromatic carbocycles. The van der Waals surface area contributed by atoms with E-state index in [4.69, 9.17) is 16.3 Å². The summed E-state index contributed by atoms with van der Waals surface area (Å²) in [6.45, 7) is 0. The lowest BCUT2D eigenvalue weighted by molar-refractivity contribution is -0.385. The minimum atomic E-state index is -0.552. The SMILES string of the molecule is O=[N+]([O-])c1cccc(Br)c1Oc1ccc(F)cc1CCl. The number of benzene rings is 2. The second-order valence-corrected chi connectivity index (χ2v) is 4.95. The number of halogens is 3. The largest absolute Gasteiger partial charge is 0.449 e. The normalized spacial score (nSPS) is 10.3. The molecule has 0 aliphatic carbocycles. The van der Waals surface area contributed by atoms with Gasteiger partial charge < -0.3 is 4.74 Å². The van der Waals surface area contributed by atoms with E-state index in [1.54, 1.807) is 6.07 Å². The van der Waals surface area contributed by atoms with Crippen molar-refractivity contribution in [1.82, 2.24) is 0 Å². The summed E-state index contributed by atoms with van der Waals surface area (Å²) in [5, 5.41) is 11.0. The number of ether oxygens (including phenoxy) is 1. The van der Waals surface area contributed by atoms with E-state index in [1.807, 2.05) is 0 Å². The second-order valence-electron chi connectivity index (χ2n) is 3.83. The van der Waals surface area contributed by atoms with Crippen LogP contribution >= 0.6 is 27.5 Å². The summed E-state index contributed by atoms with van der Waals surface area (Å²) >= 11 is 8.92. The summed E-state index contributed by atoms with van der Waals surface area (Å²) in [6, 6.07) is 8.29. The lowest BCUT2D eigenvalue weighted by atomic mass is 10.2. The van der Waals surface area contributed by atoms with Crippen molar-refractivity contribution in [3.63, 3.8) is 0 Å². The van der Waals surface area contributed by atoms with E-state index >= 15 is 0 Å². The molecular formula is C13H8BrClFNO3. The van der Waals surface area contributed by atoms with Gasteiger partial charge in [0.1, 0.15) is 11.6 Å². The Balaban J connectivity index is 2.47. The molecule has 0 amide bonds. The monoisotopic (exact) mass is 359 g/mol. The van der Waals surface area contributed by atoms with E-state index in [2.05, 4.69) is 15.9 Å². The maximum absolute atomic E-state index is 13.1. The fourth-order valence-electron chi connectivity index (χ4n) is 1.60. The standard InChI is InChI=1S/C13H8BrClFNO3/c14-10-2-1-3-11(17(18)19)13(10)20-12-5-4-9(16)6-8(12)7-15/h1-6H,7H2. The minimum absolute atomic E-state index is 0.0331. The van der Waals surface area contributed by atoms with Crippen LogP contribution in [0.5, 0.6) is 11.5 Å². The maximum atomic E-state index is 13.1. The molecule has 0 fully saturated rings. The van der Waals surface area contributed by atoms with Gasteiger partial charge in [-0.05, 0) is 40.2 Å². The summed E-state index contributed by atoms with van der Waals surface area (Å²) in [6.07, 6.45) is 0. The van der Waals surface area contributed by atoms with Crippen molar-refractivity contribution in [2.24, 2.45) is 0 Å². The minimum Gasteiger partial charge on any atom is -0.449 e. The van der Waals surface area contributed by atoms with Crippen LogP contribution in [-0.4, -0.2) is 4.92 Å². The van der Waals surface area contributed by atoms with Crippen molar-refractivity contribution in [2.75, 3.05) is 0 Å². The van der Waals surface area contributed by atoms with Crippen LogP contribution in [0.25, 0.3) is 0 Å². The first-order valence-electron chi connectivity index (χ1n) is 5.48. The van der Waals surface area contributed by atoms with Gasteiger partial charge in [0.05, 0.1) is 15.3 Å². The number of nitro groups is 1. The number of para-hydroxylation sites is 1. The predicted molar refractivity (Wildman–Crippen MR) is 76.8 cm³/mol. The molecular weight excluding hydrogens is 353 g/mol. The summed E-state index contributed by atoms with van der Waals surface area (Å²) in [5.74, 6) is -0.0905. The van der Waals surface area contributed by atoms with E-state index < -0.39 is 10.7 Å². The van der Waals surface area contributed by atoms with Crippen LogP contribution in [-0.2, 0) is 5.88 Å². The fraction of sp³-hybridized carbons (Fsp3) is 0.0769. The Morgan fingerprint density at radius 3 is 2.75 bits per heavy atom. The van der Waals surface area contributed by atoms with E-state index in [0.717, 1.165) is 0 Å². The number of nitrogens with zero attached hydrogens (tertiary/aromatic N) is 1. The predicted octanol–water partition coefficient (Wildman–Crippen LogP) is 5.03. The average molecular weight is 361 g/mol. The van der Waals surface area contributed by atoms with E-state index in [0.29, 0.717) is 10.0 Å². The number of hydrogen-bond donors (Lipinski definition) is 0. The van der Waals surface area contributed by atoms with Crippen LogP contribution in [0, 0.1) is 15.9 Å². The van der Waals surface area contributed by atoms with Crippen molar-refractivity contribution in [3.8, 4) is 11.5 Å². The molecule has 0 radical (unpaired) electrons. The number of nitro benzene ring substituents is 1. The molecule has 4 nitrogen and oxygen atoms in total. The van der Waals surface area contributed by atoms with Gasteiger partial charge in [0, 0.05) is 11.6 Å². The molecule has 0 aliphatic heterocycles. The molecule has 104 valence electrons. The molecule has 0 N–H and O–H groups in total.